The van der Waals surface area contributed by atoms with Crippen LogP contribution < -0.4 is 0 Å². The van der Waals surface area contributed by atoms with Gasteiger partial charge >= 0.3 is 0 Å². The number of allylic oxidation sites excluding steroid dienone is 1. The van der Waals surface area contributed by atoms with E-state index in [1.54, 1.807) is 0 Å². The van der Waals surface area contributed by atoms with Gasteiger partial charge in [0.05, 0.1) is 18.8 Å². The van der Waals surface area contributed by atoms with Crippen molar-refractivity contribution in [1.29, 1.82) is 0 Å². The molecule has 0 heterocycles. The Bertz CT molecular complexity index is 577. The Morgan fingerprint density at radius 3 is 2.53 bits per heavy atom. The van der Waals surface area contributed by atoms with E-state index in [4.69, 9.17) is 4.74 Å². The van der Waals surface area contributed by atoms with Gasteiger partial charge in [-0.1, -0.05) is 51.3 Å². The number of aliphatic hydroxyl groups is 2. The van der Waals surface area contributed by atoms with Crippen LogP contribution in [-0.4, -0.2) is 59.2 Å². The molecule has 186 valence electrons. The van der Waals surface area contributed by atoms with Gasteiger partial charge in [0.2, 0.25) is 0 Å². The Morgan fingerprint density at radius 1 is 1.16 bits per heavy atom. The first-order chi connectivity index (χ1) is 15.2. The van der Waals surface area contributed by atoms with E-state index >= 15 is 0 Å². The van der Waals surface area contributed by atoms with E-state index in [9.17, 15) is 10.2 Å². The molecular weight excluding hydrogens is 398 g/mol. The van der Waals surface area contributed by atoms with Gasteiger partial charge in [-0.15, -0.1) is 0 Å². The van der Waals surface area contributed by atoms with Crippen LogP contribution in [0.15, 0.2) is 23.8 Å². The number of hydrogen-bond acceptors (Lipinski definition) is 4. The predicted octanol–water partition coefficient (Wildman–Crippen LogP) is 5.59. The number of nitrogens with zero attached hydrogens (tertiary/aromatic N) is 1. The molecule has 0 spiro atoms. The highest BCUT2D eigenvalue weighted by atomic mass is 16.5. The van der Waals surface area contributed by atoms with Gasteiger partial charge in [-0.3, -0.25) is 4.90 Å². The van der Waals surface area contributed by atoms with Crippen molar-refractivity contribution in [3.8, 4) is 0 Å². The van der Waals surface area contributed by atoms with E-state index in [0.29, 0.717) is 29.8 Å². The van der Waals surface area contributed by atoms with Gasteiger partial charge in [-0.2, -0.15) is 0 Å². The monoisotopic (exact) mass is 449 g/mol. The first kappa shape index (κ1) is 27.6. The Hall–Kier alpha value is -0.680. The lowest BCUT2D eigenvalue weighted by atomic mass is 9.88. The summed E-state index contributed by atoms with van der Waals surface area (Å²) in [6, 6.07) is 1.14. The molecule has 0 amide bonds. The molecule has 1 saturated carbocycles. The number of ether oxygens (including phenoxy) is 1. The SMILES string of the molecule is CCCC[C@H](C)C[C@H](O)C=C[C@@H]1[C@H]2CC(COCCCN(C(C)C)C(C)C)=C[C@H]2C[C@H]1O. The maximum atomic E-state index is 10.6. The first-order valence-corrected chi connectivity index (χ1v) is 13.3. The van der Waals surface area contributed by atoms with Crippen LogP contribution in [0, 0.1) is 23.7 Å². The van der Waals surface area contributed by atoms with Gasteiger partial charge in [-0.25, -0.2) is 0 Å². The molecule has 0 bridgehead atoms. The highest BCUT2D eigenvalue weighted by molar-refractivity contribution is 5.21. The third-order valence-electron chi connectivity index (χ3n) is 7.52. The molecule has 2 rings (SSSR count). The average Bonchev–Trinajstić information content (AvgIpc) is 3.23. The summed E-state index contributed by atoms with van der Waals surface area (Å²) in [6.45, 7) is 16.1. The summed E-state index contributed by atoms with van der Waals surface area (Å²) in [5, 5.41) is 21.0. The summed E-state index contributed by atoms with van der Waals surface area (Å²) in [7, 11) is 0. The normalized spacial score (nSPS) is 27.7. The molecule has 4 nitrogen and oxygen atoms in total. The van der Waals surface area contributed by atoms with E-state index < -0.39 is 6.10 Å². The first-order valence-electron chi connectivity index (χ1n) is 13.3. The molecule has 2 N–H and O–H groups in total. The van der Waals surface area contributed by atoms with Gasteiger partial charge in [0, 0.05) is 31.2 Å². The molecule has 0 aromatic heterocycles. The minimum atomic E-state index is -0.401. The smallest absolute Gasteiger partial charge is 0.0723 e. The zero-order valence-electron chi connectivity index (χ0n) is 21.7. The van der Waals surface area contributed by atoms with Crippen molar-refractivity contribution in [3.63, 3.8) is 0 Å². The van der Waals surface area contributed by atoms with Gasteiger partial charge < -0.3 is 14.9 Å². The van der Waals surface area contributed by atoms with Crippen LogP contribution in [0.3, 0.4) is 0 Å². The Kier molecular flexibility index (Phi) is 12.0. The van der Waals surface area contributed by atoms with Crippen LogP contribution in [-0.2, 0) is 4.74 Å². The lowest BCUT2D eigenvalue weighted by Gasteiger charge is -2.30. The minimum Gasteiger partial charge on any atom is -0.392 e. The second-order valence-corrected chi connectivity index (χ2v) is 11.0. The fourth-order valence-electron chi connectivity index (χ4n) is 5.80. The Labute approximate surface area is 198 Å². The number of rotatable bonds is 15. The number of aliphatic hydroxyl groups excluding tert-OH is 2. The van der Waals surface area contributed by atoms with Crippen molar-refractivity contribution in [2.75, 3.05) is 19.8 Å². The maximum absolute atomic E-state index is 10.6. The van der Waals surface area contributed by atoms with Crippen molar-refractivity contribution in [1.82, 2.24) is 4.90 Å². The molecule has 0 radical (unpaired) electrons. The number of unbranched alkanes of at least 4 members (excludes halogenated alkanes) is 1. The summed E-state index contributed by atoms with van der Waals surface area (Å²) < 4.78 is 6.01. The van der Waals surface area contributed by atoms with Crippen LogP contribution >= 0.6 is 0 Å². The van der Waals surface area contributed by atoms with E-state index in [2.05, 4.69) is 58.6 Å². The van der Waals surface area contributed by atoms with Crippen LogP contribution in [0.1, 0.15) is 86.5 Å². The van der Waals surface area contributed by atoms with Crippen LogP contribution in [0.2, 0.25) is 0 Å². The molecule has 0 aromatic rings. The van der Waals surface area contributed by atoms with Gasteiger partial charge in [0.25, 0.3) is 0 Å². The highest BCUT2D eigenvalue weighted by Gasteiger charge is 2.43. The summed E-state index contributed by atoms with van der Waals surface area (Å²) in [4.78, 5) is 2.51. The minimum absolute atomic E-state index is 0.153. The molecule has 0 saturated heterocycles. The van der Waals surface area contributed by atoms with Gasteiger partial charge in [0.15, 0.2) is 0 Å². The second kappa shape index (κ2) is 13.9. The third-order valence-corrected chi connectivity index (χ3v) is 7.52. The fourth-order valence-corrected chi connectivity index (χ4v) is 5.80. The molecule has 2 aliphatic carbocycles. The molecule has 0 aliphatic heterocycles. The second-order valence-electron chi connectivity index (χ2n) is 11.0. The number of hydrogen-bond donors (Lipinski definition) is 2. The van der Waals surface area contributed by atoms with Crippen LogP contribution in [0.5, 0.6) is 0 Å². The summed E-state index contributed by atoms with van der Waals surface area (Å²) in [6.07, 6.45) is 13.1. The lowest BCUT2D eigenvalue weighted by molar-refractivity contribution is 0.115. The predicted molar refractivity (Wildman–Crippen MR) is 135 cm³/mol. The summed E-state index contributed by atoms with van der Waals surface area (Å²) in [5.41, 5.74) is 1.39. The lowest BCUT2D eigenvalue weighted by Crippen LogP contribution is -2.38. The zero-order valence-corrected chi connectivity index (χ0v) is 21.7. The van der Waals surface area contributed by atoms with E-state index in [0.717, 1.165) is 45.4 Å². The largest absolute Gasteiger partial charge is 0.392 e. The van der Waals surface area contributed by atoms with E-state index in [1.807, 2.05) is 6.08 Å². The van der Waals surface area contributed by atoms with Crippen LogP contribution in [0.25, 0.3) is 0 Å². The molecule has 6 atom stereocenters. The number of fused-ring (bicyclic) bond motifs is 1. The van der Waals surface area contributed by atoms with Crippen molar-refractivity contribution in [2.24, 2.45) is 23.7 Å². The van der Waals surface area contributed by atoms with Gasteiger partial charge in [-0.05, 0) is 76.7 Å². The average molecular weight is 450 g/mol. The quantitative estimate of drug-likeness (QED) is 0.253. The molecule has 0 aromatic carbocycles. The fraction of sp³-hybridized carbons (Fsp3) is 0.857. The molecule has 2 aliphatic rings. The molecule has 0 unspecified atom stereocenters. The highest BCUT2D eigenvalue weighted by Crippen LogP contribution is 2.47. The van der Waals surface area contributed by atoms with Crippen molar-refractivity contribution in [3.05, 3.63) is 23.8 Å². The van der Waals surface area contributed by atoms with Gasteiger partial charge in [0.1, 0.15) is 0 Å². The van der Waals surface area contributed by atoms with E-state index in [-0.39, 0.29) is 12.0 Å². The van der Waals surface area contributed by atoms with E-state index in [1.165, 1.54) is 24.8 Å². The molecule has 4 heteroatoms. The molecule has 32 heavy (non-hydrogen) atoms. The summed E-state index contributed by atoms with van der Waals surface area (Å²) in [5.74, 6) is 1.61. The zero-order chi connectivity index (χ0) is 23.7. The van der Waals surface area contributed by atoms with Crippen LogP contribution in [0.4, 0.5) is 0 Å². The Balaban J connectivity index is 1.73. The standard InChI is InChI=1S/C28H51NO3/c1-7-8-10-22(6)15-25(30)11-12-26-27-17-23(16-24(27)18-28(26)31)19-32-14-9-13-29(20(2)3)21(4)5/h11-12,16,20-22,24-28,30-31H,7-10,13-15,17-19H2,1-6H3/t22-,24-,25+,26+,27-,28+/m0/s1. The van der Waals surface area contributed by atoms with Crippen molar-refractivity contribution in [2.45, 2.75) is 111 Å². The maximum Gasteiger partial charge on any atom is 0.0723 e. The topological polar surface area (TPSA) is 52.9 Å². The van der Waals surface area contributed by atoms with Crippen molar-refractivity contribution < 1.29 is 14.9 Å². The Morgan fingerprint density at radius 2 is 1.88 bits per heavy atom. The summed E-state index contributed by atoms with van der Waals surface area (Å²) >= 11 is 0. The molecule has 1 fully saturated rings. The third kappa shape index (κ3) is 8.59. The molecular formula is C28H51NO3. The van der Waals surface area contributed by atoms with Crippen molar-refractivity contribution >= 4 is 0 Å².